The first-order chi connectivity index (χ1) is 9.95. The number of methoxy groups -OCH3 is 1. The highest BCUT2D eigenvalue weighted by atomic mass is 32.2. The van der Waals surface area contributed by atoms with Gasteiger partial charge >= 0.3 is 5.97 Å². The maximum atomic E-state index is 12.5. The Morgan fingerprint density at radius 2 is 1.86 bits per heavy atom. The predicted octanol–water partition coefficient (Wildman–Crippen LogP) is 0.606. The highest BCUT2D eigenvalue weighted by Gasteiger charge is 2.35. The summed E-state index contributed by atoms with van der Waals surface area (Å²) in [5, 5.41) is 0. The zero-order chi connectivity index (χ0) is 15.2. The van der Waals surface area contributed by atoms with Gasteiger partial charge in [0.05, 0.1) is 12.0 Å². The van der Waals surface area contributed by atoms with Crippen molar-refractivity contribution in [2.75, 3.05) is 27.4 Å². The molecule has 0 spiro atoms. The second-order valence-corrected chi connectivity index (χ2v) is 6.47. The van der Waals surface area contributed by atoms with E-state index >= 15 is 0 Å². The van der Waals surface area contributed by atoms with Gasteiger partial charge in [-0.15, -0.1) is 0 Å². The Kier molecular flexibility index (Phi) is 3.05. The van der Waals surface area contributed by atoms with Gasteiger partial charge in [0.2, 0.25) is 0 Å². The SMILES string of the molecule is COC(=O)C1=Cc2cc3c(cc2S(=O)(=O)N1C)OCCO3. The lowest BCUT2D eigenvalue weighted by Gasteiger charge is -2.28. The fraction of sp³-hybridized carbons (Fsp3) is 0.308. The molecular formula is C13H13NO6S. The van der Waals surface area contributed by atoms with Crippen molar-refractivity contribution >= 4 is 22.1 Å². The van der Waals surface area contributed by atoms with E-state index in [2.05, 4.69) is 4.74 Å². The molecule has 0 saturated carbocycles. The third-order valence-corrected chi connectivity index (χ3v) is 5.17. The Morgan fingerprint density at radius 1 is 1.24 bits per heavy atom. The molecule has 2 aliphatic heterocycles. The minimum atomic E-state index is -3.83. The standard InChI is InChI=1S/C13H13NO6S/c1-14-9(13(15)18-2)5-8-6-10-11(20-4-3-19-10)7-12(8)21(14,16)17/h5-7H,3-4H2,1-2H3. The molecule has 0 fully saturated rings. The van der Waals surface area contributed by atoms with Gasteiger partial charge in [0.1, 0.15) is 18.9 Å². The van der Waals surface area contributed by atoms with Crippen molar-refractivity contribution in [2.45, 2.75) is 4.90 Å². The fourth-order valence-electron chi connectivity index (χ4n) is 2.23. The molecule has 0 aromatic heterocycles. The van der Waals surface area contributed by atoms with Crippen molar-refractivity contribution in [2.24, 2.45) is 0 Å². The van der Waals surface area contributed by atoms with Crippen LogP contribution in [0, 0.1) is 0 Å². The summed E-state index contributed by atoms with van der Waals surface area (Å²) in [6, 6.07) is 2.97. The van der Waals surface area contributed by atoms with E-state index in [4.69, 9.17) is 9.47 Å². The summed E-state index contributed by atoms with van der Waals surface area (Å²) in [6.45, 7) is 0.761. The highest BCUT2D eigenvalue weighted by molar-refractivity contribution is 7.89. The van der Waals surface area contributed by atoms with Crippen LogP contribution in [-0.2, 0) is 19.6 Å². The maximum absolute atomic E-state index is 12.5. The molecule has 0 atom stereocenters. The molecule has 0 unspecified atom stereocenters. The van der Waals surface area contributed by atoms with E-state index in [0.29, 0.717) is 30.3 Å². The van der Waals surface area contributed by atoms with E-state index in [1.165, 1.54) is 26.3 Å². The Hall–Kier alpha value is -2.22. The Bertz CT molecular complexity index is 752. The number of hydrogen-bond acceptors (Lipinski definition) is 6. The number of esters is 1. The molecule has 0 N–H and O–H groups in total. The topological polar surface area (TPSA) is 82.1 Å². The van der Waals surface area contributed by atoms with Gasteiger partial charge in [-0.1, -0.05) is 0 Å². The van der Waals surface area contributed by atoms with Gasteiger partial charge in [-0.3, -0.25) is 4.31 Å². The molecule has 1 aromatic rings. The molecule has 8 heteroatoms. The lowest BCUT2D eigenvalue weighted by Crippen LogP contribution is -2.33. The van der Waals surface area contributed by atoms with E-state index in [1.807, 2.05) is 0 Å². The summed E-state index contributed by atoms with van der Waals surface area (Å²) in [7, 11) is -1.33. The van der Waals surface area contributed by atoms with Crippen LogP contribution in [-0.4, -0.2) is 46.1 Å². The second-order valence-electron chi connectivity index (χ2n) is 4.53. The van der Waals surface area contributed by atoms with E-state index in [9.17, 15) is 13.2 Å². The molecule has 2 aliphatic rings. The first kappa shape index (κ1) is 13.7. The number of hydrogen-bond donors (Lipinski definition) is 0. The predicted molar refractivity (Wildman–Crippen MR) is 72.4 cm³/mol. The minimum absolute atomic E-state index is 0.0540. The number of carbonyl (C=O) groups excluding carboxylic acids is 1. The van der Waals surface area contributed by atoms with Crippen molar-refractivity contribution in [3.05, 3.63) is 23.4 Å². The number of carbonyl (C=O) groups is 1. The largest absolute Gasteiger partial charge is 0.486 e. The quantitative estimate of drug-likeness (QED) is 0.707. The van der Waals surface area contributed by atoms with Gasteiger partial charge in [-0.05, 0) is 12.1 Å². The van der Waals surface area contributed by atoms with Crippen molar-refractivity contribution in [3.63, 3.8) is 0 Å². The number of sulfonamides is 1. The number of rotatable bonds is 1. The Balaban J connectivity index is 2.23. The molecule has 0 amide bonds. The Labute approximate surface area is 121 Å². The molecule has 112 valence electrons. The molecule has 0 radical (unpaired) electrons. The number of ether oxygens (including phenoxy) is 3. The lowest BCUT2D eigenvalue weighted by atomic mass is 10.1. The van der Waals surface area contributed by atoms with E-state index in [-0.39, 0.29) is 10.6 Å². The van der Waals surface area contributed by atoms with Crippen LogP contribution >= 0.6 is 0 Å². The van der Waals surface area contributed by atoms with Crippen LogP contribution in [0.1, 0.15) is 5.56 Å². The van der Waals surface area contributed by atoms with Gasteiger partial charge in [-0.25, -0.2) is 13.2 Å². The van der Waals surface area contributed by atoms with Crippen molar-refractivity contribution < 1.29 is 27.4 Å². The second kappa shape index (κ2) is 4.66. The van der Waals surface area contributed by atoms with Crippen molar-refractivity contribution in [1.29, 1.82) is 0 Å². The number of benzene rings is 1. The van der Waals surface area contributed by atoms with Gasteiger partial charge in [0.15, 0.2) is 11.5 Å². The maximum Gasteiger partial charge on any atom is 0.355 e. The van der Waals surface area contributed by atoms with Crippen LogP contribution in [0.5, 0.6) is 11.5 Å². The first-order valence-electron chi connectivity index (χ1n) is 6.17. The number of likely N-dealkylation sites (N-methyl/N-ethyl adjacent to an activating group) is 1. The van der Waals surface area contributed by atoms with Crippen LogP contribution in [0.3, 0.4) is 0 Å². The van der Waals surface area contributed by atoms with Crippen LogP contribution in [0.4, 0.5) is 0 Å². The summed E-state index contributed by atoms with van der Waals surface area (Å²) >= 11 is 0. The van der Waals surface area contributed by atoms with Crippen LogP contribution in [0.15, 0.2) is 22.7 Å². The lowest BCUT2D eigenvalue weighted by molar-refractivity contribution is -0.137. The summed E-state index contributed by atoms with van der Waals surface area (Å²) in [6.07, 6.45) is 1.46. The van der Waals surface area contributed by atoms with E-state index < -0.39 is 16.0 Å². The number of nitrogens with zero attached hydrogens (tertiary/aromatic N) is 1. The summed E-state index contributed by atoms with van der Waals surface area (Å²) in [5.74, 6) is 0.119. The summed E-state index contributed by atoms with van der Waals surface area (Å²) < 4.78 is 41.3. The minimum Gasteiger partial charge on any atom is -0.486 e. The molecule has 0 aliphatic carbocycles. The molecule has 0 saturated heterocycles. The smallest absolute Gasteiger partial charge is 0.355 e. The molecule has 21 heavy (non-hydrogen) atoms. The normalized spacial score (nSPS) is 18.6. The van der Waals surface area contributed by atoms with Crippen LogP contribution < -0.4 is 9.47 Å². The van der Waals surface area contributed by atoms with E-state index in [1.54, 1.807) is 6.07 Å². The third kappa shape index (κ3) is 2.02. The first-order valence-corrected chi connectivity index (χ1v) is 7.62. The van der Waals surface area contributed by atoms with Gasteiger partial charge < -0.3 is 14.2 Å². The number of fused-ring (bicyclic) bond motifs is 2. The molecule has 1 aromatic carbocycles. The Morgan fingerprint density at radius 3 is 2.48 bits per heavy atom. The summed E-state index contributed by atoms with van der Waals surface area (Å²) in [5.41, 5.74) is 0.319. The van der Waals surface area contributed by atoms with Crippen LogP contribution in [0.25, 0.3) is 6.08 Å². The zero-order valence-electron chi connectivity index (χ0n) is 11.5. The highest BCUT2D eigenvalue weighted by Crippen LogP contribution is 2.39. The van der Waals surface area contributed by atoms with Gasteiger partial charge in [-0.2, -0.15) is 0 Å². The molecule has 2 heterocycles. The third-order valence-electron chi connectivity index (χ3n) is 3.34. The van der Waals surface area contributed by atoms with Crippen molar-refractivity contribution in [3.8, 4) is 11.5 Å². The van der Waals surface area contributed by atoms with E-state index in [0.717, 1.165) is 4.31 Å². The molecule has 7 nitrogen and oxygen atoms in total. The molecular weight excluding hydrogens is 298 g/mol. The monoisotopic (exact) mass is 311 g/mol. The summed E-state index contributed by atoms with van der Waals surface area (Å²) in [4.78, 5) is 11.8. The average molecular weight is 311 g/mol. The van der Waals surface area contributed by atoms with Gasteiger partial charge in [0, 0.05) is 18.7 Å². The fourth-order valence-corrected chi connectivity index (χ4v) is 3.58. The van der Waals surface area contributed by atoms with Gasteiger partial charge in [0.25, 0.3) is 10.0 Å². The zero-order valence-corrected chi connectivity index (χ0v) is 12.3. The molecule has 3 rings (SSSR count). The van der Waals surface area contributed by atoms with Crippen LogP contribution in [0.2, 0.25) is 0 Å². The van der Waals surface area contributed by atoms with Crippen molar-refractivity contribution in [1.82, 2.24) is 4.31 Å². The molecule has 0 bridgehead atoms. The average Bonchev–Trinajstić information content (AvgIpc) is 2.49.